The summed E-state index contributed by atoms with van der Waals surface area (Å²) >= 11 is 1.53. The van der Waals surface area contributed by atoms with Crippen molar-refractivity contribution >= 4 is 23.4 Å². The number of rotatable bonds is 5. The van der Waals surface area contributed by atoms with Crippen LogP contribution in [0.3, 0.4) is 0 Å². The number of nitrogens with zero attached hydrogens (tertiary/aromatic N) is 6. The van der Waals surface area contributed by atoms with Gasteiger partial charge in [-0.1, -0.05) is 36.9 Å². The molecule has 1 aliphatic rings. The van der Waals surface area contributed by atoms with E-state index >= 15 is 0 Å². The number of aromatic nitrogens is 4. The molecule has 152 valence electrons. The van der Waals surface area contributed by atoms with Crippen molar-refractivity contribution < 1.29 is 4.79 Å². The third kappa shape index (κ3) is 4.28. The fraction of sp³-hybridized carbons (Fsp3) is 0.429. The number of hydrogen-bond acceptors (Lipinski definition) is 6. The van der Waals surface area contributed by atoms with Gasteiger partial charge in [-0.05, 0) is 38.1 Å². The number of hydrogen-bond donors (Lipinski definition) is 0. The first-order valence-electron chi connectivity index (χ1n) is 9.98. The van der Waals surface area contributed by atoms with Gasteiger partial charge < -0.3 is 9.80 Å². The highest BCUT2D eigenvalue weighted by molar-refractivity contribution is 7.98. The zero-order chi connectivity index (χ0) is 20.4. The molecule has 2 aromatic heterocycles. The lowest BCUT2D eigenvalue weighted by atomic mass is 10.1. The van der Waals surface area contributed by atoms with Gasteiger partial charge in [-0.25, -0.2) is 9.50 Å². The summed E-state index contributed by atoms with van der Waals surface area (Å²) in [5.74, 6) is 1.38. The van der Waals surface area contributed by atoms with Gasteiger partial charge in [0.15, 0.2) is 0 Å². The number of amides is 1. The lowest BCUT2D eigenvalue weighted by Gasteiger charge is -2.34. The van der Waals surface area contributed by atoms with E-state index in [2.05, 4.69) is 26.9 Å². The Bertz CT molecular complexity index is 1030. The Kier molecular flexibility index (Phi) is 5.82. The highest BCUT2D eigenvalue weighted by Gasteiger charge is 2.23. The van der Waals surface area contributed by atoms with Crippen LogP contribution in [0.5, 0.6) is 0 Å². The van der Waals surface area contributed by atoms with E-state index in [1.54, 1.807) is 4.52 Å². The van der Waals surface area contributed by atoms with Crippen molar-refractivity contribution in [1.82, 2.24) is 29.4 Å². The molecule has 1 saturated heterocycles. The quantitative estimate of drug-likeness (QED) is 0.603. The first kappa shape index (κ1) is 19.8. The van der Waals surface area contributed by atoms with Crippen LogP contribution in [0.4, 0.5) is 0 Å². The molecule has 3 aromatic rings. The predicted octanol–water partition coefficient (Wildman–Crippen LogP) is 2.81. The Balaban J connectivity index is 1.49. The first-order valence-corrected chi connectivity index (χ1v) is 11.0. The molecule has 29 heavy (non-hydrogen) atoms. The number of fused-ring (bicyclic) bond motifs is 1. The molecule has 0 aliphatic carbocycles. The van der Waals surface area contributed by atoms with E-state index < -0.39 is 0 Å². The molecule has 8 heteroatoms. The van der Waals surface area contributed by atoms with Crippen LogP contribution in [0, 0.1) is 13.8 Å². The minimum atomic E-state index is 0.119. The Labute approximate surface area is 175 Å². The van der Waals surface area contributed by atoms with Crippen LogP contribution in [-0.2, 0) is 5.75 Å². The smallest absolute Gasteiger partial charge is 0.254 e. The maximum absolute atomic E-state index is 13.1. The summed E-state index contributed by atoms with van der Waals surface area (Å²) in [6.07, 6.45) is 0. The van der Waals surface area contributed by atoms with Crippen LogP contribution in [0.2, 0.25) is 0 Å². The second kappa shape index (κ2) is 8.51. The summed E-state index contributed by atoms with van der Waals surface area (Å²) in [6.45, 7) is 10.6. The molecule has 4 rings (SSSR count). The van der Waals surface area contributed by atoms with Crippen molar-refractivity contribution in [2.24, 2.45) is 0 Å². The van der Waals surface area contributed by atoms with E-state index in [0.29, 0.717) is 16.7 Å². The van der Waals surface area contributed by atoms with Gasteiger partial charge in [0.05, 0.1) is 0 Å². The summed E-state index contributed by atoms with van der Waals surface area (Å²) < 4.78 is 1.76. The van der Waals surface area contributed by atoms with E-state index in [-0.39, 0.29) is 5.91 Å². The summed E-state index contributed by atoms with van der Waals surface area (Å²) in [7, 11) is 0. The van der Waals surface area contributed by atoms with Crippen LogP contribution in [0.15, 0.2) is 35.5 Å². The van der Waals surface area contributed by atoms with Crippen LogP contribution in [0.1, 0.15) is 34.2 Å². The first-order chi connectivity index (χ1) is 14.0. The standard InChI is InChI=1S/C21H26N6OS/c1-4-25-9-11-26(12-10-25)19(28)18-8-6-5-7-17(18)14-29-21-23-20-22-15(2)13-16(3)27(20)24-21/h5-8,13H,4,9-12,14H2,1-3H3. The minimum absolute atomic E-state index is 0.119. The Morgan fingerprint density at radius 1 is 1.10 bits per heavy atom. The molecule has 1 fully saturated rings. The molecular formula is C21H26N6OS. The van der Waals surface area contributed by atoms with E-state index in [1.165, 1.54) is 11.8 Å². The van der Waals surface area contributed by atoms with Crippen molar-refractivity contribution in [2.45, 2.75) is 31.7 Å². The number of carbonyl (C=O) groups is 1. The summed E-state index contributed by atoms with van der Waals surface area (Å²) in [6, 6.07) is 9.85. The van der Waals surface area contributed by atoms with E-state index in [0.717, 1.165) is 55.2 Å². The highest BCUT2D eigenvalue weighted by Crippen LogP contribution is 2.24. The second-order valence-corrected chi connectivity index (χ2v) is 8.26. The summed E-state index contributed by atoms with van der Waals surface area (Å²) in [5, 5.41) is 5.23. The molecule has 0 bridgehead atoms. The van der Waals surface area contributed by atoms with Crippen molar-refractivity contribution in [3.05, 3.63) is 52.8 Å². The number of aryl methyl sites for hydroxylation is 2. The van der Waals surface area contributed by atoms with Gasteiger partial charge in [0, 0.05) is 48.9 Å². The van der Waals surface area contributed by atoms with Gasteiger partial charge >= 0.3 is 0 Å². The largest absolute Gasteiger partial charge is 0.336 e. The van der Waals surface area contributed by atoms with Crippen LogP contribution in [-0.4, -0.2) is 68.0 Å². The zero-order valence-electron chi connectivity index (χ0n) is 17.1. The number of thioether (sulfide) groups is 1. The van der Waals surface area contributed by atoms with Crippen LogP contribution in [0.25, 0.3) is 5.78 Å². The van der Waals surface area contributed by atoms with Gasteiger partial charge in [-0.2, -0.15) is 4.98 Å². The average molecular weight is 411 g/mol. The molecule has 0 saturated carbocycles. The van der Waals surface area contributed by atoms with Crippen LogP contribution < -0.4 is 0 Å². The van der Waals surface area contributed by atoms with Gasteiger partial charge in [0.2, 0.25) is 5.16 Å². The SMILES string of the molecule is CCN1CCN(C(=O)c2ccccc2CSc2nc3nc(C)cc(C)n3n2)CC1. The Morgan fingerprint density at radius 2 is 1.86 bits per heavy atom. The normalized spacial score (nSPS) is 15.2. The third-order valence-electron chi connectivity index (χ3n) is 5.31. The number of benzene rings is 1. The highest BCUT2D eigenvalue weighted by atomic mass is 32.2. The Morgan fingerprint density at radius 3 is 2.62 bits per heavy atom. The van der Waals surface area contributed by atoms with E-state index in [9.17, 15) is 4.79 Å². The molecule has 0 spiro atoms. The molecule has 0 radical (unpaired) electrons. The maximum atomic E-state index is 13.1. The van der Waals surface area contributed by atoms with Gasteiger partial charge in [-0.15, -0.1) is 5.10 Å². The summed E-state index contributed by atoms with van der Waals surface area (Å²) in [5.41, 5.74) is 3.73. The molecule has 0 unspecified atom stereocenters. The van der Waals surface area contributed by atoms with E-state index in [1.807, 2.05) is 49.1 Å². The average Bonchev–Trinajstić information content (AvgIpc) is 3.15. The number of likely N-dealkylation sites (N-methyl/N-ethyl adjacent to an activating group) is 1. The van der Waals surface area contributed by atoms with Gasteiger partial charge in [0.1, 0.15) is 0 Å². The van der Waals surface area contributed by atoms with E-state index in [4.69, 9.17) is 0 Å². The number of piperazine rings is 1. The monoisotopic (exact) mass is 410 g/mol. The van der Waals surface area contributed by atoms with Crippen LogP contribution >= 0.6 is 11.8 Å². The fourth-order valence-corrected chi connectivity index (χ4v) is 4.47. The molecule has 1 aliphatic heterocycles. The molecular weight excluding hydrogens is 384 g/mol. The topological polar surface area (TPSA) is 66.6 Å². The summed E-state index contributed by atoms with van der Waals surface area (Å²) in [4.78, 5) is 26.4. The second-order valence-electron chi connectivity index (χ2n) is 7.32. The van der Waals surface area contributed by atoms with Crippen molar-refractivity contribution in [2.75, 3.05) is 32.7 Å². The van der Waals surface area contributed by atoms with Crippen molar-refractivity contribution in [3.8, 4) is 0 Å². The lowest BCUT2D eigenvalue weighted by Crippen LogP contribution is -2.48. The predicted molar refractivity (Wildman–Crippen MR) is 114 cm³/mol. The molecule has 3 heterocycles. The molecule has 0 atom stereocenters. The van der Waals surface area contributed by atoms with Crippen molar-refractivity contribution in [1.29, 1.82) is 0 Å². The molecule has 7 nitrogen and oxygen atoms in total. The Hall–Kier alpha value is -2.45. The third-order valence-corrected chi connectivity index (χ3v) is 6.20. The van der Waals surface area contributed by atoms with Gasteiger partial charge in [0.25, 0.3) is 11.7 Å². The molecule has 1 aromatic carbocycles. The number of carbonyl (C=O) groups excluding carboxylic acids is 1. The zero-order valence-corrected chi connectivity index (χ0v) is 17.9. The minimum Gasteiger partial charge on any atom is -0.336 e. The lowest BCUT2D eigenvalue weighted by molar-refractivity contribution is 0.0642. The van der Waals surface area contributed by atoms with Crippen molar-refractivity contribution in [3.63, 3.8) is 0 Å². The fourth-order valence-electron chi connectivity index (χ4n) is 3.64. The molecule has 0 N–H and O–H groups in total. The van der Waals surface area contributed by atoms with Gasteiger partial charge in [-0.3, -0.25) is 4.79 Å². The molecule has 1 amide bonds. The maximum Gasteiger partial charge on any atom is 0.254 e.